The van der Waals surface area contributed by atoms with Gasteiger partial charge in [0.2, 0.25) is 5.91 Å². The Hall–Kier alpha value is -3.61. The van der Waals surface area contributed by atoms with Crippen LogP contribution in [0.25, 0.3) is 10.9 Å². The number of hydrogen-bond donors (Lipinski definition) is 1. The number of amides is 2. The van der Waals surface area contributed by atoms with E-state index in [1.54, 1.807) is 43.5 Å². The zero-order valence-electron chi connectivity index (χ0n) is 17.6. The van der Waals surface area contributed by atoms with Gasteiger partial charge < -0.3 is 19.7 Å². The van der Waals surface area contributed by atoms with Crippen LogP contribution in [0, 0.1) is 5.92 Å². The third-order valence-electron chi connectivity index (χ3n) is 5.61. The van der Waals surface area contributed by atoms with E-state index in [4.69, 9.17) is 9.47 Å². The summed E-state index contributed by atoms with van der Waals surface area (Å²) in [4.78, 5) is 31.8. The van der Waals surface area contributed by atoms with Crippen LogP contribution in [0.4, 0.5) is 5.69 Å². The summed E-state index contributed by atoms with van der Waals surface area (Å²) in [5.74, 6) is 0.874. The third kappa shape index (κ3) is 4.60. The first kappa shape index (κ1) is 20.7. The van der Waals surface area contributed by atoms with Gasteiger partial charge in [0, 0.05) is 36.0 Å². The number of likely N-dealkylation sites (tertiary alicyclic amines) is 1. The summed E-state index contributed by atoms with van der Waals surface area (Å²) in [6.45, 7) is 1.04. The first-order valence-corrected chi connectivity index (χ1v) is 10.3. The van der Waals surface area contributed by atoms with E-state index in [0.717, 1.165) is 10.9 Å². The van der Waals surface area contributed by atoms with Gasteiger partial charge in [-0.25, -0.2) is 0 Å². The van der Waals surface area contributed by atoms with Gasteiger partial charge in [-0.1, -0.05) is 18.2 Å². The van der Waals surface area contributed by atoms with E-state index in [-0.39, 0.29) is 17.7 Å². The van der Waals surface area contributed by atoms with Crippen LogP contribution in [0.5, 0.6) is 11.5 Å². The lowest BCUT2D eigenvalue weighted by Crippen LogP contribution is -2.41. The Morgan fingerprint density at radius 3 is 2.35 bits per heavy atom. The molecule has 0 spiro atoms. The fourth-order valence-corrected chi connectivity index (χ4v) is 3.84. The SMILES string of the molecule is COc1cc(OC)cc(C(=O)N2CCC(C(=O)Nc3cnc4ccccc4c3)CC2)c1. The van der Waals surface area contributed by atoms with Crippen LogP contribution in [-0.4, -0.2) is 49.0 Å². The number of rotatable bonds is 5. The monoisotopic (exact) mass is 419 g/mol. The quantitative estimate of drug-likeness (QED) is 0.681. The first-order chi connectivity index (χ1) is 15.1. The molecule has 7 heteroatoms. The molecule has 3 aromatic rings. The Balaban J connectivity index is 1.37. The van der Waals surface area contributed by atoms with Gasteiger partial charge in [0.15, 0.2) is 0 Å². The van der Waals surface area contributed by atoms with Gasteiger partial charge in [-0.3, -0.25) is 14.6 Å². The molecule has 2 amide bonds. The lowest BCUT2D eigenvalue weighted by Gasteiger charge is -2.31. The van der Waals surface area contributed by atoms with E-state index in [1.807, 2.05) is 30.3 Å². The minimum Gasteiger partial charge on any atom is -0.497 e. The molecule has 0 bridgehead atoms. The summed E-state index contributed by atoms with van der Waals surface area (Å²) in [6.07, 6.45) is 2.90. The molecule has 1 N–H and O–H groups in total. The average Bonchev–Trinajstić information content (AvgIpc) is 2.83. The molecule has 1 aliphatic rings. The standard InChI is InChI=1S/C24H25N3O4/c1-30-20-12-18(13-21(14-20)31-2)24(29)27-9-7-16(8-10-27)23(28)26-19-11-17-5-3-4-6-22(17)25-15-19/h3-6,11-16H,7-10H2,1-2H3,(H,26,28). The fraction of sp³-hybridized carbons (Fsp3) is 0.292. The Morgan fingerprint density at radius 2 is 1.68 bits per heavy atom. The molecule has 0 atom stereocenters. The number of methoxy groups -OCH3 is 2. The number of carbonyl (C=O) groups is 2. The Labute approximate surface area is 181 Å². The number of ether oxygens (including phenoxy) is 2. The molecule has 1 aromatic heterocycles. The second kappa shape index (κ2) is 9.04. The summed E-state index contributed by atoms with van der Waals surface area (Å²) in [6, 6.07) is 14.8. The van der Waals surface area contributed by atoms with Crippen molar-refractivity contribution in [2.24, 2.45) is 5.92 Å². The van der Waals surface area contributed by atoms with Crippen LogP contribution >= 0.6 is 0 Å². The molecule has 0 unspecified atom stereocenters. The minimum absolute atomic E-state index is 0.0350. The smallest absolute Gasteiger partial charge is 0.254 e. The number of para-hydroxylation sites is 1. The first-order valence-electron chi connectivity index (χ1n) is 10.3. The maximum absolute atomic E-state index is 12.9. The topological polar surface area (TPSA) is 80.8 Å². The average molecular weight is 419 g/mol. The highest BCUT2D eigenvalue weighted by Crippen LogP contribution is 2.26. The van der Waals surface area contributed by atoms with Crippen LogP contribution in [0.15, 0.2) is 54.7 Å². The van der Waals surface area contributed by atoms with E-state index in [9.17, 15) is 9.59 Å². The molecule has 0 saturated carbocycles. The molecule has 1 saturated heterocycles. The summed E-state index contributed by atoms with van der Waals surface area (Å²) < 4.78 is 10.5. The maximum Gasteiger partial charge on any atom is 0.254 e. The lowest BCUT2D eigenvalue weighted by molar-refractivity contribution is -0.121. The molecular weight excluding hydrogens is 394 g/mol. The highest BCUT2D eigenvalue weighted by molar-refractivity contribution is 5.96. The van der Waals surface area contributed by atoms with Crippen LogP contribution in [0.3, 0.4) is 0 Å². The van der Waals surface area contributed by atoms with Crippen molar-refractivity contribution >= 4 is 28.4 Å². The van der Waals surface area contributed by atoms with Crippen molar-refractivity contribution in [2.45, 2.75) is 12.8 Å². The van der Waals surface area contributed by atoms with Crippen LogP contribution in [0.2, 0.25) is 0 Å². The number of nitrogens with one attached hydrogen (secondary N) is 1. The van der Waals surface area contributed by atoms with Crippen molar-refractivity contribution in [3.63, 3.8) is 0 Å². The number of carbonyl (C=O) groups excluding carboxylic acids is 2. The Bertz CT molecular complexity index is 1080. The third-order valence-corrected chi connectivity index (χ3v) is 5.61. The molecule has 1 aliphatic heterocycles. The predicted molar refractivity (Wildman–Crippen MR) is 119 cm³/mol. The zero-order chi connectivity index (χ0) is 21.8. The molecule has 2 aromatic carbocycles. The van der Waals surface area contributed by atoms with Crippen LogP contribution < -0.4 is 14.8 Å². The van der Waals surface area contributed by atoms with Crippen molar-refractivity contribution in [1.29, 1.82) is 0 Å². The van der Waals surface area contributed by atoms with Gasteiger partial charge in [-0.15, -0.1) is 0 Å². The summed E-state index contributed by atoms with van der Waals surface area (Å²) in [5, 5.41) is 3.95. The highest BCUT2D eigenvalue weighted by Gasteiger charge is 2.28. The minimum atomic E-state index is -0.143. The van der Waals surface area contributed by atoms with Crippen molar-refractivity contribution in [3.8, 4) is 11.5 Å². The predicted octanol–water partition coefficient (Wildman–Crippen LogP) is 3.74. The van der Waals surface area contributed by atoms with Gasteiger partial charge in [0.05, 0.1) is 31.6 Å². The number of hydrogen-bond acceptors (Lipinski definition) is 5. The fourth-order valence-electron chi connectivity index (χ4n) is 3.84. The Morgan fingerprint density at radius 1 is 1.00 bits per heavy atom. The number of pyridine rings is 1. The van der Waals surface area contributed by atoms with Gasteiger partial charge in [-0.2, -0.15) is 0 Å². The van der Waals surface area contributed by atoms with Crippen LogP contribution in [0.1, 0.15) is 23.2 Å². The number of benzene rings is 2. The van der Waals surface area contributed by atoms with Crippen molar-refractivity contribution in [2.75, 3.05) is 32.6 Å². The van der Waals surface area contributed by atoms with E-state index < -0.39 is 0 Å². The van der Waals surface area contributed by atoms with E-state index in [1.165, 1.54) is 0 Å². The number of aromatic nitrogens is 1. The second-order valence-corrected chi connectivity index (χ2v) is 7.57. The maximum atomic E-state index is 12.9. The number of piperidine rings is 1. The van der Waals surface area contributed by atoms with Gasteiger partial charge >= 0.3 is 0 Å². The summed E-state index contributed by atoms with van der Waals surface area (Å²) >= 11 is 0. The molecule has 160 valence electrons. The van der Waals surface area contributed by atoms with Gasteiger partial charge in [-0.05, 0) is 37.1 Å². The molecule has 2 heterocycles. The number of nitrogens with zero attached hydrogens (tertiary/aromatic N) is 2. The van der Waals surface area contributed by atoms with Crippen LogP contribution in [-0.2, 0) is 4.79 Å². The molecular formula is C24H25N3O4. The molecule has 7 nitrogen and oxygen atoms in total. The highest BCUT2D eigenvalue weighted by atomic mass is 16.5. The van der Waals surface area contributed by atoms with Crippen molar-refractivity contribution in [3.05, 3.63) is 60.3 Å². The largest absolute Gasteiger partial charge is 0.497 e. The zero-order valence-corrected chi connectivity index (χ0v) is 17.6. The van der Waals surface area contributed by atoms with Gasteiger partial charge in [0.25, 0.3) is 5.91 Å². The van der Waals surface area contributed by atoms with E-state index in [0.29, 0.717) is 48.7 Å². The molecule has 1 fully saturated rings. The van der Waals surface area contributed by atoms with E-state index in [2.05, 4.69) is 10.3 Å². The van der Waals surface area contributed by atoms with Crippen molar-refractivity contribution in [1.82, 2.24) is 9.88 Å². The molecule has 0 radical (unpaired) electrons. The number of anilines is 1. The van der Waals surface area contributed by atoms with Gasteiger partial charge in [0.1, 0.15) is 11.5 Å². The van der Waals surface area contributed by atoms with E-state index >= 15 is 0 Å². The summed E-state index contributed by atoms with van der Waals surface area (Å²) in [7, 11) is 3.11. The second-order valence-electron chi connectivity index (χ2n) is 7.57. The lowest BCUT2D eigenvalue weighted by atomic mass is 9.95. The number of fused-ring (bicyclic) bond motifs is 1. The summed E-state index contributed by atoms with van der Waals surface area (Å²) in [5.41, 5.74) is 2.09. The molecule has 0 aliphatic carbocycles. The molecule has 31 heavy (non-hydrogen) atoms. The molecule has 4 rings (SSSR count). The Kier molecular flexibility index (Phi) is 6.02. The van der Waals surface area contributed by atoms with Crippen molar-refractivity contribution < 1.29 is 19.1 Å². The normalized spacial score (nSPS) is 14.3.